The molecule has 1 heterocycles. The minimum Gasteiger partial charge on any atom is -0.491 e. The first-order chi connectivity index (χ1) is 8.04. The molecule has 0 unspecified atom stereocenters. The molecule has 9 heteroatoms. The smallest absolute Gasteiger partial charge is 0.491 e. The lowest BCUT2D eigenvalue weighted by atomic mass is 10.2. The van der Waals surface area contributed by atoms with E-state index in [0.29, 0.717) is 6.07 Å². The molecule has 18 heavy (non-hydrogen) atoms. The third kappa shape index (κ3) is 3.41. The Hall–Kier alpha value is -1.67. The number of hydrogen-bond acceptors (Lipinski definition) is 3. The van der Waals surface area contributed by atoms with Gasteiger partial charge in [0, 0.05) is 5.69 Å². The predicted octanol–water partition coefficient (Wildman–Crippen LogP) is 3.32. The van der Waals surface area contributed by atoms with Crippen LogP contribution in [-0.2, 0) is 6.18 Å². The Morgan fingerprint density at radius 2 is 1.67 bits per heavy atom. The molecule has 0 saturated carbocycles. The van der Waals surface area contributed by atoms with E-state index in [4.69, 9.17) is 0 Å². The van der Waals surface area contributed by atoms with Gasteiger partial charge in [-0.1, -0.05) is 0 Å². The number of alkyl halides is 6. The zero-order valence-corrected chi connectivity index (χ0v) is 9.11. The fourth-order valence-electron chi connectivity index (χ4n) is 1.22. The summed E-state index contributed by atoms with van der Waals surface area (Å²) in [5, 5.41) is 0. The SMILES string of the molecule is COc1c(C(F)(F)F)cc(C)nc1OC(F)(F)F. The monoisotopic (exact) mass is 275 g/mol. The molecule has 3 nitrogen and oxygen atoms in total. The molecule has 0 aliphatic heterocycles. The van der Waals surface area contributed by atoms with E-state index < -0.39 is 29.7 Å². The second-order valence-electron chi connectivity index (χ2n) is 3.20. The Bertz CT molecular complexity index is 440. The average molecular weight is 275 g/mol. The van der Waals surface area contributed by atoms with Crippen molar-refractivity contribution in [2.75, 3.05) is 7.11 Å². The van der Waals surface area contributed by atoms with Crippen molar-refractivity contribution in [3.63, 3.8) is 0 Å². The molecule has 0 aromatic carbocycles. The van der Waals surface area contributed by atoms with Crippen LogP contribution >= 0.6 is 0 Å². The van der Waals surface area contributed by atoms with Gasteiger partial charge in [-0.2, -0.15) is 13.2 Å². The van der Waals surface area contributed by atoms with E-state index in [1.54, 1.807) is 0 Å². The fourth-order valence-corrected chi connectivity index (χ4v) is 1.22. The molecule has 0 amide bonds. The van der Waals surface area contributed by atoms with E-state index >= 15 is 0 Å². The van der Waals surface area contributed by atoms with Gasteiger partial charge < -0.3 is 9.47 Å². The highest BCUT2D eigenvalue weighted by Gasteiger charge is 2.40. The van der Waals surface area contributed by atoms with Crippen LogP contribution in [-0.4, -0.2) is 18.5 Å². The summed E-state index contributed by atoms with van der Waals surface area (Å²) in [7, 11) is 0.796. The third-order valence-corrected chi connectivity index (χ3v) is 1.79. The van der Waals surface area contributed by atoms with Crippen LogP contribution in [0.5, 0.6) is 11.6 Å². The van der Waals surface area contributed by atoms with Crippen LogP contribution in [0.15, 0.2) is 6.07 Å². The standard InChI is InChI=1S/C9H7F6NO2/c1-4-3-5(8(10,11)12)6(17-2)7(16-4)18-9(13,14)15/h3H,1-2H3. The van der Waals surface area contributed by atoms with E-state index in [1.807, 2.05) is 0 Å². The largest absolute Gasteiger partial charge is 0.574 e. The van der Waals surface area contributed by atoms with Gasteiger partial charge in [0.25, 0.3) is 5.88 Å². The van der Waals surface area contributed by atoms with Gasteiger partial charge in [-0.25, -0.2) is 4.98 Å². The van der Waals surface area contributed by atoms with Crippen LogP contribution in [0.4, 0.5) is 26.3 Å². The molecule has 1 aromatic rings. The molecule has 0 aliphatic carbocycles. The molecule has 0 radical (unpaired) electrons. The number of rotatable bonds is 2. The minimum atomic E-state index is -5.16. The molecular formula is C9H7F6NO2. The van der Waals surface area contributed by atoms with E-state index in [1.165, 1.54) is 0 Å². The van der Waals surface area contributed by atoms with Crippen LogP contribution in [0.2, 0.25) is 0 Å². The Morgan fingerprint density at radius 3 is 2.06 bits per heavy atom. The van der Waals surface area contributed by atoms with Gasteiger partial charge in [-0.3, -0.25) is 0 Å². The number of ether oxygens (including phenoxy) is 2. The summed E-state index contributed by atoms with van der Waals surface area (Å²) >= 11 is 0. The van der Waals surface area contributed by atoms with Crippen LogP contribution in [0.25, 0.3) is 0 Å². The highest BCUT2D eigenvalue weighted by Crippen LogP contribution is 2.42. The molecule has 0 aliphatic rings. The topological polar surface area (TPSA) is 31.4 Å². The molecule has 0 spiro atoms. The molecule has 0 saturated heterocycles. The third-order valence-electron chi connectivity index (χ3n) is 1.79. The summed E-state index contributed by atoms with van der Waals surface area (Å²) in [6, 6.07) is 0.571. The van der Waals surface area contributed by atoms with Gasteiger partial charge in [-0.05, 0) is 13.0 Å². The van der Waals surface area contributed by atoms with E-state index in [2.05, 4.69) is 14.5 Å². The van der Waals surface area contributed by atoms with E-state index in [-0.39, 0.29) is 5.69 Å². The number of pyridine rings is 1. The summed E-state index contributed by atoms with van der Waals surface area (Å²) in [5.74, 6) is -2.37. The zero-order valence-electron chi connectivity index (χ0n) is 9.11. The summed E-state index contributed by atoms with van der Waals surface area (Å²) in [4.78, 5) is 3.24. The first kappa shape index (κ1) is 14.4. The zero-order chi connectivity index (χ0) is 14.1. The van der Waals surface area contributed by atoms with E-state index in [9.17, 15) is 26.3 Å². The number of nitrogens with zero attached hydrogens (tertiary/aromatic N) is 1. The minimum absolute atomic E-state index is 0.276. The second-order valence-corrected chi connectivity index (χ2v) is 3.20. The molecular weight excluding hydrogens is 268 g/mol. The maximum Gasteiger partial charge on any atom is 0.574 e. The number of hydrogen-bond donors (Lipinski definition) is 0. The quantitative estimate of drug-likeness (QED) is 0.776. The van der Waals surface area contributed by atoms with Crippen molar-refractivity contribution < 1.29 is 35.8 Å². The fraction of sp³-hybridized carbons (Fsp3) is 0.444. The second kappa shape index (κ2) is 4.54. The summed E-state index contributed by atoms with van der Waals surface area (Å²) < 4.78 is 81.5. The maximum absolute atomic E-state index is 12.6. The van der Waals surface area contributed by atoms with Crippen molar-refractivity contribution in [3.8, 4) is 11.6 Å². The molecule has 0 N–H and O–H groups in total. The molecule has 0 atom stereocenters. The normalized spacial score (nSPS) is 12.4. The number of methoxy groups -OCH3 is 1. The van der Waals surface area contributed by atoms with Crippen molar-refractivity contribution >= 4 is 0 Å². The molecule has 0 bridgehead atoms. The lowest BCUT2D eigenvalue weighted by molar-refractivity contribution is -0.276. The maximum atomic E-state index is 12.6. The summed E-state index contributed by atoms with van der Waals surface area (Å²) in [6.07, 6.45) is -10.0. The lowest BCUT2D eigenvalue weighted by Crippen LogP contribution is -2.20. The van der Waals surface area contributed by atoms with E-state index in [0.717, 1.165) is 14.0 Å². The first-order valence-electron chi connectivity index (χ1n) is 4.43. The molecule has 0 fully saturated rings. The van der Waals surface area contributed by atoms with Crippen LogP contribution < -0.4 is 9.47 Å². The highest BCUT2D eigenvalue weighted by molar-refractivity contribution is 5.45. The summed E-state index contributed by atoms with van der Waals surface area (Å²) in [5.41, 5.74) is -1.65. The number of aromatic nitrogens is 1. The Kier molecular flexibility index (Phi) is 3.63. The van der Waals surface area contributed by atoms with Gasteiger partial charge in [-0.15, -0.1) is 13.2 Å². The molecule has 102 valence electrons. The van der Waals surface area contributed by atoms with Gasteiger partial charge in [0.2, 0.25) is 0 Å². The number of aryl methyl sites for hydroxylation is 1. The molecule has 1 aromatic heterocycles. The van der Waals surface area contributed by atoms with Gasteiger partial charge in [0.15, 0.2) is 5.75 Å². The predicted molar refractivity (Wildman–Crippen MR) is 47.2 cm³/mol. The lowest BCUT2D eigenvalue weighted by Gasteiger charge is -2.16. The first-order valence-corrected chi connectivity index (χ1v) is 4.43. The summed E-state index contributed by atoms with van der Waals surface area (Å²) in [6.45, 7) is 1.11. The van der Waals surface area contributed by atoms with Crippen LogP contribution in [0.1, 0.15) is 11.3 Å². The Morgan fingerprint density at radius 1 is 1.11 bits per heavy atom. The van der Waals surface area contributed by atoms with Gasteiger partial charge in [0.1, 0.15) is 5.56 Å². The Balaban J connectivity index is 3.39. The van der Waals surface area contributed by atoms with Crippen LogP contribution in [0, 0.1) is 6.92 Å². The van der Waals surface area contributed by atoms with Gasteiger partial charge in [0.05, 0.1) is 7.11 Å². The van der Waals surface area contributed by atoms with Crippen molar-refractivity contribution in [1.82, 2.24) is 4.98 Å². The van der Waals surface area contributed by atoms with Crippen molar-refractivity contribution in [2.45, 2.75) is 19.5 Å². The number of halogens is 6. The van der Waals surface area contributed by atoms with Crippen molar-refractivity contribution in [2.24, 2.45) is 0 Å². The Labute approximate surface area is 97.3 Å². The average Bonchev–Trinajstić information content (AvgIpc) is 2.12. The van der Waals surface area contributed by atoms with Crippen molar-refractivity contribution in [1.29, 1.82) is 0 Å². The highest BCUT2D eigenvalue weighted by atomic mass is 19.4. The molecule has 1 rings (SSSR count). The van der Waals surface area contributed by atoms with Crippen LogP contribution in [0.3, 0.4) is 0 Å². The van der Waals surface area contributed by atoms with Gasteiger partial charge >= 0.3 is 12.5 Å². The van der Waals surface area contributed by atoms with Crippen molar-refractivity contribution in [3.05, 3.63) is 17.3 Å².